The number of nitro groups is 1. The molecule has 11 heteroatoms. The van der Waals surface area contributed by atoms with Crippen molar-refractivity contribution in [2.45, 2.75) is 38.6 Å². The quantitative estimate of drug-likeness (QED) is 0.130. The summed E-state index contributed by atoms with van der Waals surface area (Å²) in [4.78, 5) is 43.8. The van der Waals surface area contributed by atoms with Crippen molar-refractivity contribution >= 4 is 42.0 Å². The number of hydrogen-bond donors (Lipinski definition) is 2. The van der Waals surface area contributed by atoms with E-state index in [-0.39, 0.29) is 29.4 Å². The molecule has 0 unspecified atom stereocenters. The minimum Gasteiger partial charge on any atom is -0.508 e. The number of phenolic OH excluding ortho intramolecular Hbond substituents is 1. The first-order valence-electron chi connectivity index (χ1n) is 14.3. The lowest BCUT2D eigenvalue weighted by atomic mass is 9.58. The van der Waals surface area contributed by atoms with Crippen LogP contribution in [0, 0.1) is 27.9 Å². The molecule has 3 heterocycles. The van der Waals surface area contributed by atoms with Crippen molar-refractivity contribution in [3.05, 3.63) is 105 Å². The zero-order chi connectivity index (χ0) is 30.2. The summed E-state index contributed by atoms with van der Waals surface area (Å²) in [5.74, 6) is -2.33. The lowest BCUT2D eigenvalue weighted by molar-refractivity contribution is -0.384. The number of phenols is 1. The van der Waals surface area contributed by atoms with Gasteiger partial charge in [-0.3, -0.25) is 24.7 Å². The van der Waals surface area contributed by atoms with Gasteiger partial charge in [0, 0.05) is 18.3 Å². The number of anilines is 1. The van der Waals surface area contributed by atoms with Gasteiger partial charge >= 0.3 is 7.12 Å². The predicted octanol–water partition coefficient (Wildman–Crippen LogP) is 5.04. The molecule has 0 saturated carbocycles. The Bertz CT molecular complexity index is 1660. The van der Waals surface area contributed by atoms with E-state index in [9.17, 15) is 29.8 Å². The van der Waals surface area contributed by atoms with Gasteiger partial charge in [-0.1, -0.05) is 29.8 Å². The second-order valence-corrected chi connectivity index (χ2v) is 11.3. The highest BCUT2D eigenvalue weighted by atomic mass is 16.6. The van der Waals surface area contributed by atoms with Gasteiger partial charge in [0.1, 0.15) is 5.75 Å². The molecule has 2 aromatic carbocycles. The molecular weight excluding hydrogens is 549 g/mol. The van der Waals surface area contributed by atoms with Gasteiger partial charge in [-0.25, -0.2) is 4.90 Å². The molecule has 2 fully saturated rings. The van der Waals surface area contributed by atoms with Crippen LogP contribution in [0.25, 0.3) is 11.6 Å². The van der Waals surface area contributed by atoms with Crippen LogP contribution in [-0.2, 0) is 14.2 Å². The summed E-state index contributed by atoms with van der Waals surface area (Å²) in [5, 5.41) is 32.2. The summed E-state index contributed by atoms with van der Waals surface area (Å²) in [6.07, 6.45) is 4.77. The van der Waals surface area contributed by atoms with Gasteiger partial charge in [0.25, 0.3) is 5.69 Å². The number of fused-ring (bicyclic) bond motifs is 3. The molecular formula is C32H30BN3O7. The van der Waals surface area contributed by atoms with Crippen LogP contribution in [-0.4, -0.2) is 45.1 Å². The molecule has 1 aromatic heterocycles. The number of hydrogen-bond acceptors (Lipinski definition) is 8. The van der Waals surface area contributed by atoms with Crippen LogP contribution in [0.1, 0.15) is 37.4 Å². The van der Waals surface area contributed by atoms with E-state index in [1.807, 2.05) is 37.3 Å². The first-order chi connectivity index (χ1) is 20.7. The highest BCUT2D eigenvalue weighted by Gasteiger charge is 2.57. The number of allylic oxidation sites excluding steroid dienone is 2. The van der Waals surface area contributed by atoms with E-state index < -0.39 is 41.8 Å². The van der Waals surface area contributed by atoms with Crippen LogP contribution in [0.5, 0.6) is 5.75 Å². The van der Waals surface area contributed by atoms with Gasteiger partial charge in [0.05, 0.1) is 34.2 Å². The highest BCUT2D eigenvalue weighted by molar-refractivity contribution is 6.43. The van der Waals surface area contributed by atoms with Gasteiger partial charge in [0.15, 0.2) is 0 Å². The lowest BCUT2D eigenvalue weighted by Crippen LogP contribution is -2.46. The molecule has 3 aliphatic rings. The number of benzene rings is 2. The molecule has 4 atom stereocenters. The smallest absolute Gasteiger partial charge is 0.455 e. The maximum absolute atomic E-state index is 13.8. The molecule has 2 amide bonds. The molecule has 2 aliphatic heterocycles. The van der Waals surface area contributed by atoms with Crippen LogP contribution in [0.2, 0.25) is 6.32 Å². The standard InChI is InChI=1S/C32H30BN3O7/c1-19-14-25-30(32(39)35(31(25)38)22-7-5-8-23(17-22)36(41)42)26-18-33(40)43-28(29(19)26)12-11-21(27-10-2-3-13-34-27)15-20-6-4-9-24(37)16-20/h2-10,13,15-17,25-26,28,30,37,40H,11-12,14,18H2,1H3/b21-15-/t25-,26+,28-,30-/m1/s1. The number of carbonyl (C=O) groups excluding carboxylic acids is 2. The van der Waals surface area contributed by atoms with E-state index in [4.69, 9.17) is 4.65 Å². The van der Waals surface area contributed by atoms with Gasteiger partial charge in [-0.2, -0.15) is 0 Å². The van der Waals surface area contributed by atoms with Crippen molar-refractivity contribution in [2.75, 3.05) is 4.90 Å². The van der Waals surface area contributed by atoms with Crippen molar-refractivity contribution in [1.82, 2.24) is 4.98 Å². The lowest BCUT2D eigenvalue weighted by Gasteiger charge is -2.42. The molecule has 6 rings (SSSR count). The Morgan fingerprint density at radius 1 is 1.12 bits per heavy atom. The summed E-state index contributed by atoms with van der Waals surface area (Å²) in [5.41, 5.74) is 4.38. The molecule has 218 valence electrons. The predicted molar refractivity (Wildman–Crippen MR) is 160 cm³/mol. The van der Waals surface area contributed by atoms with E-state index in [0.29, 0.717) is 19.3 Å². The Balaban J connectivity index is 1.29. The minimum absolute atomic E-state index is 0.156. The third-order valence-electron chi connectivity index (χ3n) is 8.63. The Morgan fingerprint density at radius 2 is 1.93 bits per heavy atom. The van der Waals surface area contributed by atoms with Crippen molar-refractivity contribution < 1.29 is 29.3 Å². The highest BCUT2D eigenvalue weighted by Crippen LogP contribution is 2.51. The number of non-ortho nitro benzene ring substituents is 1. The fourth-order valence-electron chi connectivity index (χ4n) is 6.85. The molecule has 3 aromatic rings. The molecule has 0 bridgehead atoms. The van der Waals surface area contributed by atoms with Gasteiger partial charge in [0.2, 0.25) is 11.8 Å². The molecule has 2 N–H and O–H groups in total. The second kappa shape index (κ2) is 11.6. The first-order valence-corrected chi connectivity index (χ1v) is 14.3. The fraction of sp³-hybridized carbons (Fsp3) is 0.281. The summed E-state index contributed by atoms with van der Waals surface area (Å²) in [7, 11) is -1.12. The second-order valence-electron chi connectivity index (χ2n) is 11.3. The van der Waals surface area contributed by atoms with E-state index in [2.05, 4.69) is 4.98 Å². The van der Waals surface area contributed by atoms with Crippen LogP contribution >= 0.6 is 0 Å². The zero-order valence-electron chi connectivity index (χ0n) is 23.5. The molecule has 2 saturated heterocycles. The number of aromatic nitrogens is 1. The van der Waals surface area contributed by atoms with E-state index in [1.54, 1.807) is 24.4 Å². The van der Waals surface area contributed by atoms with Crippen LogP contribution in [0.4, 0.5) is 11.4 Å². The maximum Gasteiger partial charge on any atom is 0.455 e. The summed E-state index contributed by atoms with van der Waals surface area (Å²) in [6.45, 7) is 1.95. The molecule has 10 nitrogen and oxygen atoms in total. The summed E-state index contributed by atoms with van der Waals surface area (Å²) >= 11 is 0. The Hall–Kier alpha value is -4.61. The van der Waals surface area contributed by atoms with Gasteiger partial charge in [-0.05, 0) is 91.5 Å². The van der Waals surface area contributed by atoms with E-state index in [0.717, 1.165) is 32.9 Å². The molecule has 1 aliphatic carbocycles. The maximum atomic E-state index is 13.8. The largest absolute Gasteiger partial charge is 0.508 e. The van der Waals surface area contributed by atoms with Crippen LogP contribution in [0.15, 0.2) is 84.1 Å². The number of carbonyl (C=O) groups is 2. The number of imide groups is 1. The normalized spacial score (nSPS) is 23.8. The van der Waals surface area contributed by atoms with Crippen LogP contribution in [0.3, 0.4) is 0 Å². The third-order valence-corrected chi connectivity index (χ3v) is 8.63. The van der Waals surface area contributed by atoms with Crippen molar-refractivity contribution in [3.8, 4) is 5.75 Å². The van der Waals surface area contributed by atoms with E-state index >= 15 is 0 Å². The first kappa shape index (κ1) is 28.5. The average Bonchev–Trinajstić information content (AvgIpc) is 3.24. The number of nitro benzene ring substituents is 1. The zero-order valence-corrected chi connectivity index (χ0v) is 23.5. The Kier molecular flexibility index (Phi) is 7.68. The van der Waals surface area contributed by atoms with Crippen molar-refractivity contribution in [3.63, 3.8) is 0 Å². The SMILES string of the molecule is CC1=C2[C@@H](CC/C(=C/c3cccc(O)c3)c3ccccn3)OB(O)C[C@@H]2[C@@H]2C(=O)N(c3cccc([N+](=O)[O-])c3)C(=O)[C@@H]2C1. The Morgan fingerprint density at radius 3 is 2.67 bits per heavy atom. The van der Waals surface area contributed by atoms with Gasteiger partial charge in [-0.15, -0.1) is 0 Å². The number of aromatic hydroxyl groups is 1. The van der Waals surface area contributed by atoms with E-state index in [1.165, 1.54) is 24.3 Å². The Labute approximate surface area is 248 Å². The minimum atomic E-state index is -1.12. The summed E-state index contributed by atoms with van der Waals surface area (Å²) in [6, 6.07) is 18.1. The number of pyridine rings is 1. The van der Waals surface area contributed by atoms with Crippen molar-refractivity contribution in [1.29, 1.82) is 0 Å². The average molecular weight is 579 g/mol. The number of rotatable bonds is 7. The van der Waals surface area contributed by atoms with Crippen molar-refractivity contribution in [2.24, 2.45) is 17.8 Å². The van der Waals surface area contributed by atoms with Crippen LogP contribution < -0.4 is 4.90 Å². The number of amides is 2. The van der Waals surface area contributed by atoms with Gasteiger partial charge < -0.3 is 14.8 Å². The summed E-state index contributed by atoms with van der Waals surface area (Å²) < 4.78 is 6.07. The topological polar surface area (TPSA) is 143 Å². The molecule has 43 heavy (non-hydrogen) atoms. The monoisotopic (exact) mass is 579 g/mol. The molecule has 0 spiro atoms. The third kappa shape index (κ3) is 5.49. The molecule has 0 radical (unpaired) electrons. The number of nitrogens with zero attached hydrogens (tertiary/aromatic N) is 3. The fourth-order valence-corrected chi connectivity index (χ4v) is 6.85.